The molecule has 2 aromatic heterocycles. The molecule has 0 aliphatic rings. The van der Waals surface area contributed by atoms with Gasteiger partial charge in [0.2, 0.25) is 0 Å². The van der Waals surface area contributed by atoms with Crippen LogP contribution in [-0.4, -0.2) is 14.5 Å². The summed E-state index contributed by atoms with van der Waals surface area (Å²) in [6.45, 7) is 0. The molecule has 0 aliphatic heterocycles. The summed E-state index contributed by atoms with van der Waals surface area (Å²) in [5.41, 5.74) is 9.55. The van der Waals surface area contributed by atoms with Crippen molar-refractivity contribution >= 4 is 32.7 Å². The number of pyridine rings is 1. The number of fused-ring (bicyclic) bond motifs is 1. The lowest BCUT2D eigenvalue weighted by Crippen LogP contribution is -1.94. The average Bonchev–Trinajstić information content (AvgIpc) is 2.71. The topological polar surface area (TPSA) is 56.7 Å². The normalized spacial score (nSPS) is 11.0. The lowest BCUT2D eigenvalue weighted by molar-refractivity contribution is 0.959. The second kappa shape index (κ2) is 4.10. The van der Waals surface area contributed by atoms with Gasteiger partial charge in [-0.15, -0.1) is 0 Å². The molecule has 18 heavy (non-hydrogen) atoms. The van der Waals surface area contributed by atoms with Crippen molar-refractivity contribution < 1.29 is 0 Å². The summed E-state index contributed by atoms with van der Waals surface area (Å²) >= 11 is 3.39. The van der Waals surface area contributed by atoms with E-state index in [2.05, 4.69) is 25.9 Å². The van der Waals surface area contributed by atoms with Crippen LogP contribution < -0.4 is 5.73 Å². The molecule has 0 saturated heterocycles. The fourth-order valence-electron chi connectivity index (χ4n) is 1.99. The zero-order valence-electron chi connectivity index (χ0n) is 9.76. The van der Waals surface area contributed by atoms with Crippen molar-refractivity contribution in [1.82, 2.24) is 14.5 Å². The molecular weight excluding hydrogens is 292 g/mol. The van der Waals surface area contributed by atoms with Gasteiger partial charge in [0.1, 0.15) is 11.3 Å². The Morgan fingerprint density at radius 3 is 2.83 bits per heavy atom. The molecule has 2 N–H and O–H groups in total. The van der Waals surface area contributed by atoms with Crippen LogP contribution in [0.15, 0.2) is 41.1 Å². The first kappa shape index (κ1) is 11.2. The maximum absolute atomic E-state index is 5.91. The van der Waals surface area contributed by atoms with Gasteiger partial charge in [0.25, 0.3) is 0 Å². The van der Waals surface area contributed by atoms with Gasteiger partial charge in [-0.05, 0) is 40.2 Å². The highest BCUT2D eigenvalue weighted by molar-refractivity contribution is 9.10. The third-order valence-electron chi connectivity index (χ3n) is 2.94. The summed E-state index contributed by atoms with van der Waals surface area (Å²) in [7, 11) is 1.99. The molecule has 0 unspecified atom stereocenters. The first-order chi connectivity index (χ1) is 8.66. The first-order valence-corrected chi connectivity index (χ1v) is 6.28. The van der Waals surface area contributed by atoms with E-state index in [4.69, 9.17) is 5.73 Å². The number of hydrogen-bond acceptors (Lipinski definition) is 3. The molecule has 1 aromatic carbocycles. The summed E-state index contributed by atoms with van der Waals surface area (Å²) in [5, 5.41) is 0. The number of anilines is 1. The van der Waals surface area contributed by atoms with Crippen molar-refractivity contribution in [2.24, 2.45) is 7.05 Å². The first-order valence-electron chi connectivity index (χ1n) is 5.48. The quantitative estimate of drug-likeness (QED) is 0.703. The zero-order chi connectivity index (χ0) is 12.7. The molecular formula is C13H11BrN4. The van der Waals surface area contributed by atoms with Gasteiger partial charge in [0.05, 0.1) is 11.7 Å². The van der Waals surface area contributed by atoms with Crippen LogP contribution in [-0.2, 0) is 7.05 Å². The average molecular weight is 303 g/mol. The molecule has 0 bridgehead atoms. The number of nitrogens with two attached hydrogens (primary N) is 1. The minimum atomic E-state index is 0.706. The van der Waals surface area contributed by atoms with Gasteiger partial charge in [-0.2, -0.15) is 0 Å². The fraction of sp³-hybridized carbons (Fsp3) is 0.0769. The molecule has 0 amide bonds. The van der Waals surface area contributed by atoms with Crippen molar-refractivity contribution in [2.45, 2.75) is 0 Å². The van der Waals surface area contributed by atoms with Gasteiger partial charge in [-0.3, -0.25) is 4.98 Å². The van der Waals surface area contributed by atoms with Crippen LogP contribution in [0.3, 0.4) is 0 Å². The largest absolute Gasteiger partial charge is 0.398 e. The van der Waals surface area contributed by atoms with Gasteiger partial charge in [-0.1, -0.05) is 0 Å². The highest BCUT2D eigenvalue weighted by atomic mass is 79.9. The van der Waals surface area contributed by atoms with Crippen LogP contribution in [0, 0.1) is 0 Å². The lowest BCUT2D eigenvalue weighted by atomic mass is 10.2. The van der Waals surface area contributed by atoms with E-state index in [-0.39, 0.29) is 0 Å². The monoisotopic (exact) mass is 302 g/mol. The summed E-state index contributed by atoms with van der Waals surface area (Å²) in [4.78, 5) is 8.67. The van der Waals surface area contributed by atoms with E-state index in [0.29, 0.717) is 5.69 Å². The van der Waals surface area contributed by atoms with E-state index in [1.165, 1.54) is 0 Å². The molecule has 3 rings (SSSR count). The third-order valence-corrected chi connectivity index (χ3v) is 3.66. The second-order valence-corrected chi connectivity index (χ2v) is 4.95. The van der Waals surface area contributed by atoms with Crippen LogP contribution >= 0.6 is 15.9 Å². The number of hydrogen-bond donors (Lipinski definition) is 1. The van der Waals surface area contributed by atoms with Gasteiger partial charge >= 0.3 is 0 Å². The molecule has 2 heterocycles. The number of benzene rings is 1. The van der Waals surface area contributed by atoms with E-state index in [1.807, 2.05) is 35.9 Å². The van der Waals surface area contributed by atoms with Gasteiger partial charge in [-0.25, -0.2) is 4.98 Å². The van der Waals surface area contributed by atoms with Crippen LogP contribution in [0.5, 0.6) is 0 Å². The number of halogens is 1. The smallest absolute Gasteiger partial charge is 0.141 e. The third kappa shape index (κ3) is 1.67. The van der Waals surface area contributed by atoms with E-state index in [9.17, 15) is 0 Å². The number of aryl methyl sites for hydroxylation is 1. The van der Waals surface area contributed by atoms with Gasteiger partial charge in [0, 0.05) is 29.0 Å². The van der Waals surface area contributed by atoms with E-state index >= 15 is 0 Å². The van der Waals surface area contributed by atoms with Crippen LogP contribution in [0.1, 0.15) is 0 Å². The molecule has 0 atom stereocenters. The molecule has 3 aromatic rings. The predicted molar refractivity (Wildman–Crippen MR) is 76.1 cm³/mol. The summed E-state index contributed by atoms with van der Waals surface area (Å²) in [5.74, 6) is 0.886. The van der Waals surface area contributed by atoms with Crippen LogP contribution in [0.2, 0.25) is 0 Å². The number of aromatic nitrogens is 3. The molecule has 0 radical (unpaired) electrons. The Hall–Kier alpha value is -1.88. The van der Waals surface area contributed by atoms with E-state index < -0.39 is 0 Å². The standard InChI is InChI=1S/C13H11BrN4/c1-18-12-4-5-16-7-11(12)17-13(18)8-2-3-9(14)10(15)6-8/h2-7H,15H2,1H3. The minimum Gasteiger partial charge on any atom is -0.398 e. The van der Waals surface area contributed by atoms with Gasteiger partial charge < -0.3 is 10.3 Å². The van der Waals surface area contributed by atoms with Gasteiger partial charge in [0.15, 0.2) is 0 Å². The Kier molecular flexibility index (Phi) is 2.56. The number of nitrogens with zero attached hydrogens (tertiary/aromatic N) is 3. The molecule has 90 valence electrons. The Balaban J connectivity index is 2.25. The highest BCUT2D eigenvalue weighted by Gasteiger charge is 2.10. The maximum Gasteiger partial charge on any atom is 0.141 e. The van der Waals surface area contributed by atoms with E-state index in [1.54, 1.807) is 12.4 Å². The SMILES string of the molecule is Cn1c(-c2ccc(Br)c(N)c2)nc2cnccc21. The molecule has 0 aliphatic carbocycles. The van der Waals surface area contributed by atoms with Crippen LogP contribution in [0.25, 0.3) is 22.4 Å². The zero-order valence-corrected chi connectivity index (χ0v) is 11.3. The number of nitrogen functional groups attached to an aromatic ring is 1. The van der Waals surface area contributed by atoms with Crippen molar-refractivity contribution in [2.75, 3.05) is 5.73 Å². The van der Waals surface area contributed by atoms with Crippen LogP contribution in [0.4, 0.5) is 5.69 Å². The highest BCUT2D eigenvalue weighted by Crippen LogP contribution is 2.28. The molecule has 5 heteroatoms. The lowest BCUT2D eigenvalue weighted by Gasteiger charge is -2.04. The fourth-order valence-corrected chi connectivity index (χ4v) is 2.24. The van der Waals surface area contributed by atoms with E-state index in [0.717, 1.165) is 26.9 Å². The Morgan fingerprint density at radius 2 is 2.11 bits per heavy atom. The molecule has 4 nitrogen and oxygen atoms in total. The summed E-state index contributed by atoms with van der Waals surface area (Å²) in [6.07, 6.45) is 3.53. The second-order valence-electron chi connectivity index (χ2n) is 4.10. The Labute approximate surface area is 113 Å². The summed E-state index contributed by atoms with van der Waals surface area (Å²) < 4.78 is 2.94. The predicted octanol–water partition coefficient (Wildman–Crippen LogP) is 2.98. The number of rotatable bonds is 1. The molecule has 0 fully saturated rings. The van der Waals surface area contributed by atoms with Crippen molar-refractivity contribution in [3.05, 3.63) is 41.1 Å². The Morgan fingerprint density at radius 1 is 1.28 bits per heavy atom. The number of imidazole rings is 1. The Bertz CT molecular complexity index is 733. The minimum absolute atomic E-state index is 0.706. The molecule has 0 saturated carbocycles. The maximum atomic E-state index is 5.91. The van der Waals surface area contributed by atoms with Crippen molar-refractivity contribution in [1.29, 1.82) is 0 Å². The van der Waals surface area contributed by atoms with Crippen molar-refractivity contribution in [3.63, 3.8) is 0 Å². The van der Waals surface area contributed by atoms with Crippen molar-refractivity contribution in [3.8, 4) is 11.4 Å². The molecule has 0 spiro atoms. The summed E-state index contributed by atoms with van der Waals surface area (Å²) in [6, 6.07) is 7.80.